The fourth-order valence-corrected chi connectivity index (χ4v) is 5.28. The first-order valence-corrected chi connectivity index (χ1v) is 12.0. The highest BCUT2D eigenvalue weighted by atomic mass is 32.1. The van der Waals surface area contributed by atoms with Crippen molar-refractivity contribution < 1.29 is 14.6 Å². The zero-order valence-electron chi connectivity index (χ0n) is 18.7. The number of anilines is 2. The SMILES string of the molecule is Cc1cc(Nc2nccc(OCC3CC(=O)N(C)C3)n2)cc(-c2cnc(C3(O)CCC3)s2)c1. The van der Waals surface area contributed by atoms with Crippen LogP contribution in [0.25, 0.3) is 10.4 Å². The normalized spacial score (nSPS) is 19.4. The van der Waals surface area contributed by atoms with Crippen LogP contribution in [0.1, 0.15) is 36.3 Å². The Morgan fingerprint density at radius 2 is 2.15 bits per heavy atom. The van der Waals surface area contributed by atoms with E-state index in [9.17, 15) is 9.90 Å². The maximum Gasteiger partial charge on any atom is 0.230 e. The molecule has 1 saturated heterocycles. The van der Waals surface area contributed by atoms with Crippen LogP contribution in [0.15, 0.2) is 36.7 Å². The van der Waals surface area contributed by atoms with Crippen LogP contribution in [0.5, 0.6) is 5.88 Å². The van der Waals surface area contributed by atoms with Crippen molar-refractivity contribution in [1.82, 2.24) is 19.9 Å². The summed E-state index contributed by atoms with van der Waals surface area (Å²) in [6.45, 7) is 3.19. The highest BCUT2D eigenvalue weighted by molar-refractivity contribution is 7.15. The number of thiazole rings is 1. The molecule has 2 fully saturated rings. The molecule has 33 heavy (non-hydrogen) atoms. The van der Waals surface area contributed by atoms with Gasteiger partial charge in [0.15, 0.2) is 0 Å². The van der Waals surface area contributed by atoms with Gasteiger partial charge in [0, 0.05) is 50.1 Å². The first kappa shape index (κ1) is 21.8. The number of benzene rings is 1. The fourth-order valence-electron chi connectivity index (χ4n) is 4.23. The molecule has 0 spiro atoms. The monoisotopic (exact) mass is 465 g/mol. The number of aliphatic hydroxyl groups is 1. The molecule has 1 aromatic carbocycles. The summed E-state index contributed by atoms with van der Waals surface area (Å²) in [5.41, 5.74) is 2.24. The molecule has 2 aromatic heterocycles. The van der Waals surface area contributed by atoms with Gasteiger partial charge < -0.3 is 20.1 Å². The molecule has 0 bridgehead atoms. The molecule has 2 N–H and O–H groups in total. The van der Waals surface area contributed by atoms with E-state index in [4.69, 9.17) is 4.74 Å². The zero-order valence-corrected chi connectivity index (χ0v) is 19.6. The topological polar surface area (TPSA) is 100 Å². The summed E-state index contributed by atoms with van der Waals surface area (Å²) in [5.74, 6) is 1.25. The Morgan fingerprint density at radius 1 is 1.30 bits per heavy atom. The molecule has 1 unspecified atom stereocenters. The summed E-state index contributed by atoms with van der Waals surface area (Å²) in [5, 5.41) is 14.7. The van der Waals surface area contributed by atoms with E-state index in [2.05, 4.69) is 26.3 Å². The van der Waals surface area contributed by atoms with Crippen molar-refractivity contribution in [3.05, 3.63) is 47.2 Å². The van der Waals surface area contributed by atoms with E-state index < -0.39 is 5.60 Å². The lowest BCUT2D eigenvalue weighted by Gasteiger charge is -2.34. The Hall–Kier alpha value is -3.04. The minimum Gasteiger partial charge on any atom is -0.477 e. The molecular weight excluding hydrogens is 438 g/mol. The summed E-state index contributed by atoms with van der Waals surface area (Å²) >= 11 is 1.55. The number of likely N-dealkylation sites (tertiary alicyclic amines) is 1. The second-order valence-corrected chi connectivity index (χ2v) is 10.0. The van der Waals surface area contributed by atoms with Crippen molar-refractivity contribution in [2.24, 2.45) is 5.92 Å². The Labute approximate surface area is 196 Å². The summed E-state index contributed by atoms with van der Waals surface area (Å²) < 4.78 is 5.83. The van der Waals surface area contributed by atoms with Crippen LogP contribution in [0.4, 0.5) is 11.6 Å². The van der Waals surface area contributed by atoms with Gasteiger partial charge in [-0.1, -0.05) is 6.07 Å². The quantitative estimate of drug-likeness (QED) is 0.546. The van der Waals surface area contributed by atoms with Crippen LogP contribution >= 0.6 is 11.3 Å². The molecule has 1 saturated carbocycles. The van der Waals surface area contributed by atoms with Gasteiger partial charge in [-0.25, -0.2) is 9.97 Å². The van der Waals surface area contributed by atoms with Crippen LogP contribution < -0.4 is 10.1 Å². The molecule has 5 rings (SSSR count). The van der Waals surface area contributed by atoms with E-state index in [0.29, 0.717) is 31.4 Å². The Bertz CT molecular complexity index is 1180. The lowest BCUT2D eigenvalue weighted by molar-refractivity contribution is -0.126. The van der Waals surface area contributed by atoms with E-state index in [1.54, 1.807) is 28.5 Å². The molecule has 0 radical (unpaired) electrons. The molecular formula is C24H27N5O3S. The lowest BCUT2D eigenvalue weighted by Crippen LogP contribution is -2.33. The van der Waals surface area contributed by atoms with Gasteiger partial charge in [0.25, 0.3) is 0 Å². The summed E-state index contributed by atoms with van der Waals surface area (Å²) in [6.07, 6.45) is 6.61. The first-order valence-electron chi connectivity index (χ1n) is 11.2. The zero-order chi connectivity index (χ0) is 23.0. The van der Waals surface area contributed by atoms with E-state index in [1.165, 1.54) is 0 Å². The van der Waals surface area contributed by atoms with Gasteiger partial charge >= 0.3 is 0 Å². The van der Waals surface area contributed by atoms with E-state index in [1.807, 2.05) is 32.3 Å². The standard InChI is InChI=1S/C24H27N5O3S/c1-15-8-17(19-12-26-22(33-19)24(31)5-3-6-24)11-18(9-15)27-23-25-7-4-20(28-23)32-14-16-10-21(30)29(2)13-16/h4,7-9,11-12,16,31H,3,5-6,10,13-14H2,1-2H3,(H,25,27,28). The first-order chi connectivity index (χ1) is 15.9. The van der Waals surface area contributed by atoms with Crippen molar-refractivity contribution in [3.63, 3.8) is 0 Å². The maximum absolute atomic E-state index is 11.7. The van der Waals surface area contributed by atoms with Gasteiger partial charge in [-0.2, -0.15) is 4.98 Å². The highest BCUT2D eigenvalue weighted by Crippen LogP contribution is 2.44. The minimum absolute atomic E-state index is 0.152. The van der Waals surface area contributed by atoms with Crippen LogP contribution in [0, 0.1) is 12.8 Å². The highest BCUT2D eigenvalue weighted by Gasteiger charge is 2.39. The average Bonchev–Trinajstić information content (AvgIpc) is 3.38. The summed E-state index contributed by atoms with van der Waals surface area (Å²) in [6, 6.07) is 7.89. The van der Waals surface area contributed by atoms with E-state index in [-0.39, 0.29) is 11.8 Å². The molecule has 1 aliphatic carbocycles. The number of hydrogen-bond donors (Lipinski definition) is 2. The van der Waals surface area contributed by atoms with Gasteiger partial charge in [0.1, 0.15) is 10.6 Å². The van der Waals surface area contributed by atoms with E-state index >= 15 is 0 Å². The molecule has 1 aliphatic heterocycles. The smallest absolute Gasteiger partial charge is 0.230 e. The second-order valence-electron chi connectivity index (χ2n) is 9.00. The third kappa shape index (κ3) is 4.69. The van der Waals surface area contributed by atoms with Gasteiger partial charge in [0.2, 0.25) is 17.7 Å². The number of carbonyl (C=O) groups excluding carboxylic acids is 1. The predicted molar refractivity (Wildman–Crippen MR) is 127 cm³/mol. The summed E-state index contributed by atoms with van der Waals surface area (Å²) in [7, 11) is 1.81. The second kappa shape index (κ2) is 8.72. The molecule has 3 aromatic rings. The Morgan fingerprint density at radius 3 is 2.88 bits per heavy atom. The number of hydrogen-bond acceptors (Lipinski definition) is 8. The van der Waals surface area contributed by atoms with Crippen LogP contribution in [0.3, 0.4) is 0 Å². The molecule has 8 nitrogen and oxygen atoms in total. The number of nitrogens with one attached hydrogen (secondary N) is 1. The van der Waals surface area contributed by atoms with Crippen molar-refractivity contribution in [2.75, 3.05) is 25.5 Å². The Kier molecular flexibility index (Phi) is 5.76. The Balaban J connectivity index is 1.28. The number of aromatic nitrogens is 3. The molecule has 2 aliphatic rings. The van der Waals surface area contributed by atoms with Crippen LogP contribution in [-0.2, 0) is 10.4 Å². The molecule has 172 valence electrons. The minimum atomic E-state index is -0.747. The number of aryl methyl sites for hydroxylation is 1. The third-order valence-electron chi connectivity index (χ3n) is 6.22. The molecule has 9 heteroatoms. The number of amides is 1. The maximum atomic E-state index is 11.7. The van der Waals surface area contributed by atoms with Gasteiger partial charge in [-0.05, 0) is 49.4 Å². The number of rotatable bonds is 7. The number of ether oxygens (including phenoxy) is 1. The summed E-state index contributed by atoms with van der Waals surface area (Å²) in [4.78, 5) is 27.7. The lowest BCUT2D eigenvalue weighted by atomic mass is 9.81. The average molecular weight is 466 g/mol. The fraction of sp³-hybridized carbons (Fsp3) is 0.417. The van der Waals surface area contributed by atoms with Crippen molar-refractivity contribution in [2.45, 2.75) is 38.2 Å². The van der Waals surface area contributed by atoms with Crippen molar-refractivity contribution in [3.8, 4) is 16.3 Å². The van der Waals surface area contributed by atoms with Gasteiger partial charge in [-0.3, -0.25) is 4.79 Å². The largest absolute Gasteiger partial charge is 0.477 e. The molecule has 1 atom stereocenters. The predicted octanol–water partition coefficient (Wildman–Crippen LogP) is 3.88. The van der Waals surface area contributed by atoms with Crippen molar-refractivity contribution >= 4 is 28.9 Å². The van der Waals surface area contributed by atoms with Crippen LogP contribution in [0.2, 0.25) is 0 Å². The van der Waals surface area contributed by atoms with Crippen molar-refractivity contribution in [1.29, 1.82) is 0 Å². The third-order valence-corrected chi connectivity index (χ3v) is 7.46. The number of nitrogens with zero attached hydrogens (tertiary/aromatic N) is 4. The molecule has 1 amide bonds. The van der Waals surface area contributed by atoms with Crippen LogP contribution in [-0.4, -0.2) is 51.1 Å². The van der Waals surface area contributed by atoms with Gasteiger partial charge in [-0.15, -0.1) is 11.3 Å². The molecule has 3 heterocycles. The number of carbonyl (C=O) groups is 1. The van der Waals surface area contributed by atoms with E-state index in [0.717, 1.165) is 46.0 Å². The van der Waals surface area contributed by atoms with Gasteiger partial charge in [0.05, 0.1) is 11.5 Å².